The molecule has 3 rings (SSSR count). The Kier molecular flexibility index (Phi) is 3.79. The van der Waals surface area contributed by atoms with E-state index in [2.05, 4.69) is 10.3 Å². The van der Waals surface area contributed by atoms with Gasteiger partial charge in [-0.3, -0.25) is 4.79 Å². The van der Waals surface area contributed by atoms with E-state index >= 15 is 0 Å². The lowest BCUT2D eigenvalue weighted by Crippen LogP contribution is -2.31. The van der Waals surface area contributed by atoms with Gasteiger partial charge in [0.15, 0.2) is 5.69 Å². The molecule has 1 aromatic carbocycles. The molecule has 0 fully saturated rings. The Morgan fingerprint density at radius 1 is 1.39 bits per heavy atom. The van der Waals surface area contributed by atoms with Crippen LogP contribution in [0.25, 0.3) is 0 Å². The van der Waals surface area contributed by atoms with Gasteiger partial charge in [0.2, 0.25) is 0 Å². The minimum atomic E-state index is -4.59. The highest BCUT2D eigenvalue weighted by Gasteiger charge is 2.39. The van der Waals surface area contributed by atoms with Crippen LogP contribution in [0.15, 0.2) is 17.6 Å². The number of nitrogens with one attached hydrogen (secondary N) is 1. The molecule has 0 saturated carbocycles. The van der Waals surface area contributed by atoms with Gasteiger partial charge in [0.25, 0.3) is 5.91 Å². The predicted octanol–water partition coefficient (Wildman–Crippen LogP) is 3.64. The average molecular weight is 342 g/mol. The Bertz CT molecular complexity index is 771. The number of carbonyl (C=O) groups excluding carboxylic acids is 1. The number of ether oxygens (including phenoxy) is 1. The number of rotatable bonds is 2. The van der Waals surface area contributed by atoms with Crippen molar-refractivity contribution in [1.82, 2.24) is 10.3 Å². The summed E-state index contributed by atoms with van der Waals surface area (Å²) in [5.74, 6) is -0.164. The van der Waals surface area contributed by atoms with E-state index in [4.69, 9.17) is 4.74 Å². The van der Waals surface area contributed by atoms with Crippen molar-refractivity contribution in [3.63, 3.8) is 0 Å². The fraction of sp³-hybridized carbons (Fsp3) is 0.333. The first-order chi connectivity index (χ1) is 10.8. The van der Waals surface area contributed by atoms with Crippen LogP contribution in [0, 0.1) is 13.8 Å². The molecule has 0 saturated heterocycles. The van der Waals surface area contributed by atoms with Crippen molar-refractivity contribution in [3.05, 3.63) is 44.9 Å². The van der Waals surface area contributed by atoms with Crippen molar-refractivity contribution >= 4 is 17.2 Å². The largest absolute Gasteiger partial charge is 0.490 e. The molecule has 1 amide bonds. The monoisotopic (exact) mass is 342 g/mol. The first-order valence-corrected chi connectivity index (χ1v) is 7.71. The Labute approximate surface area is 134 Å². The summed E-state index contributed by atoms with van der Waals surface area (Å²) < 4.78 is 44.2. The molecule has 1 aromatic heterocycles. The summed E-state index contributed by atoms with van der Waals surface area (Å²) in [4.78, 5) is 14.7. The molecule has 23 heavy (non-hydrogen) atoms. The molecule has 0 bridgehead atoms. The summed E-state index contributed by atoms with van der Waals surface area (Å²) in [6, 6.07) is 3.23. The van der Waals surface area contributed by atoms with Crippen LogP contribution < -0.4 is 10.1 Å². The van der Waals surface area contributed by atoms with E-state index in [1.807, 2.05) is 26.0 Å². The van der Waals surface area contributed by atoms with Gasteiger partial charge < -0.3 is 10.1 Å². The van der Waals surface area contributed by atoms with Gasteiger partial charge in [-0.25, -0.2) is 4.98 Å². The summed E-state index contributed by atoms with van der Waals surface area (Å²) in [5, 5.41) is 2.58. The fourth-order valence-electron chi connectivity index (χ4n) is 2.49. The summed E-state index contributed by atoms with van der Waals surface area (Å²) >= 11 is 0.405. The van der Waals surface area contributed by atoms with Gasteiger partial charge in [-0.05, 0) is 25.0 Å². The van der Waals surface area contributed by atoms with E-state index < -0.39 is 28.7 Å². The number of hydrogen-bond donors (Lipinski definition) is 1. The molecule has 2 aromatic rings. The average Bonchev–Trinajstić information content (AvgIpc) is 3.09. The molecular formula is C15H13F3N2O2S. The lowest BCUT2D eigenvalue weighted by molar-refractivity contribution is -0.134. The first-order valence-electron chi connectivity index (χ1n) is 6.83. The van der Waals surface area contributed by atoms with Crippen molar-refractivity contribution in [1.29, 1.82) is 0 Å². The standard InChI is InChI=1S/C15H13F3N2O2S/c1-7-3-4-9-10(5-22-12(9)8(7)2)20-14(21)11-13(15(16,17)18)23-6-19-11/h3-4,6,10H,5H2,1-2H3,(H,20,21). The molecular weight excluding hydrogens is 329 g/mol. The molecule has 0 aliphatic carbocycles. The fourth-order valence-corrected chi connectivity index (χ4v) is 3.14. The molecule has 1 aliphatic heterocycles. The predicted molar refractivity (Wildman–Crippen MR) is 78.7 cm³/mol. The number of fused-ring (bicyclic) bond motifs is 1. The number of benzene rings is 1. The Balaban J connectivity index is 1.85. The third-order valence-electron chi connectivity index (χ3n) is 3.82. The third-order valence-corrected chi connectivity index (χ3v) is 4.69. The number of carbonyl (C=O) groups is 1. The van der Waals surface area contributed by atoms with E-state index in [1.54, 1.807) is 0 Å². The van der Waals surface area contributed by atoms with Crippen LogP contribution in [0.4, 0.5) is 13.2 Å². The zero-order chi connectivity index (χ0) is 16.8. The number of amides is 1. The van der Waals surface area contributed by atoms with Gasteiger partial charge in [0.1, 0.15) is 17.2 Å². The van der Waals surface area contributed by atoms with Crippen molar-refractivity contribution < 1.29 is 22.7 Å². The minimum Gasteiger partial charge on any atom is -0.490 e. The quantitative estimate of drug-likeness (QED) is 0.906. The van der Waals surface area contributed by atoms with Crippen LogP contribution in [0.2, 0.25) is 0 Å². The van der Waals surface area contributed by atoms with Crippen LogP contribution >= 0.6 is 11.3 Å². The van der Waals surface area contributed by atoms with Gasteiger partial charge in [0, 0.05) is 5.56 Å². The molecule has 122 valence electrons. The van der Waals surface area contributed by atoms with Crippen molar-refractivity contribution in [2.45, 2.75) is 26.1 Å². The Morgan fingerprint density at radius 2 is 2.13 bits per heavy atom. The normalized spacial score (nSPS) is 16.8. The van der Waals surface area contributed by atoms with Crippen LogP contribution in [-0.2, 0) is 6.18 Å². The number of alkyl halides is 3. The number of halogens is 3. The van der Waals surface area contributed by atoms with Crippen molar-refractivity contribution in [2.24, 2.45) is 0 Å². The second-order valence-corrected chi connectivity index (χ2v) is 6.15. The zero-order valence-electron chi connectivity index (χ0n) is 12.3. The number of thiazole rings is 1. The first kappa shape index (κ1) is 15.8. The van der Waals surface area contributed by atoms with E-state index in [0.717, 1.165) is 22.2 Å². The van der Waals surface area contributed by atoms with Crippen molar-refractivity contribution in [3.8, 4) is 5.75 Å². The van der Waals surface area contributed by atoms with Crippen LogP contribution in [0.5, 0.6) is 5.75 Å². The van der Waals surface area contributed by atoms with E-state index in [0.29, 0.717) is 17.1 Å². The van der Waals surface area contributed by atoms with Gasteiger partial charge in [-0.1, -0.05) is 12.1 Å². The minimum absolute atomic E-state index is 0.191. The lowest BCUT2D eigenvalue weighted by atomic mass is 10.0. The Morgan fingerprint density at radius 3 is 2.83 bits per heavy atom. The molecule has 1 atom stereocenters. The smallest absolute Gasteiger partial charge is 0.427 e. The highest BCUT2D eigenvalue weighted by molar-refractivity contribution is 7.10. The van der Waals surface area contributed by atoms with Crippen LogP contribution in [0.1, 0.15) is 38.1 Å². The van der Waals surface area contributed by atoms with Gasteiger partial charge in [-0.15, -0.1) is 11.3 Å². The number of nitrogens with zero attached hydrogens (tertiary/aromatic N) is 1. The van der Waals surface area contributed by atoms with Crippen LogP contribution in [-0.4, -0.2) is 17.5 Å². The third kappa shape index (κ3) is 2.78. The number of aryl methyl sites for hydroxylation is 1. The maximum absolute atomic E-state index is 12.9. The molecule has 1 unspecified atom stereocenters. The van der Waals surface area contributed by atoms with Gasteiger partial charge in [0.05, 0.1) is 11.6 Å². The van der Waals surface area contributed by atoms with Gasteiger partial charge in [-0.2, -0.15) is 13.2 Å². The summed E-state index contributed by atoms with van der Waals surface area (Å²) in [5.41, 5.74) is 3.20. The summed E-state index contributed by atoms with van der Waals surface area (Å²) in [6.45, 7) is 4.03. The maximum atomic E-state index is 12.9. The lowest BCUT2D eigenvalue weighted by Gasteiger charge is -2.13. The second-order valence-electron chi connectivity index (χ2n) is 5.29. The molecule has 4 nitrogen and oxygen atoms in total. The van der Waals surface area contributed by atoms with Gasteiger partial charge >= 0.3 is 6.18 Å². The molecule has 1 N–H and O–H groups in total. The molecule has 0 spiro atoms. The van der Waals surface area contributed by atoms with E-state index in [1.165, 1.54) is 0 Å². The second kappa shape index (κ2) is 5.52. The van der Waals surface area contributed by atoms with E-state index in [-0.39, 0.29) is 6.61 Å². The summed E-state index contributed by atoms with van der Waals surface area (Å²) in [7, 11) is 0. The molecule has 8 heteroatoms. The topological polar surface area (TPSA) is 51.2 Å². The maximum Gasteiger partial charge on any atom is 0.427 e. The number of hydrogen-bond acceptors (Lipinski definition) is 4. The SMILES string of the molecule is Cc1ccc2c(c1C)OCC2NC(=O)c1ncsc1C(F)(F)F. The summed E-state index contributed by atoms with van der Waals surface area (Å²) in [6.07, 6.45) is -4.59. The number of aromatic nitrogens is 1. The van der Waals surface area contributed by atoms with Crippen molar-refractivity contribution in [2.75, 3.05) is 6.61 Å². The van der Waals surface area contributed by atoms with E-state index in [9.17, 15) is 18.0 Å². The zero-order valence-corrected chi connectivity index (χ0v) is 13.1. The highest BCUT2D eigenvalue weighted by Crippen LogP contribution is 2.38. The van der Waals surface area contributed by atoms with Crippen LogP contribution in [0.3, 0.4) is 0 Å². The molecule has 2 heterocycles. The molecule has 1 aliphatic rings. The Hall–Kier alpha value is -2.09. The highest BCUT2D eigenvalue weighted by atomic mass is 32.1. The molecule has 0 radical (unpaired) electrons.